The topological polar surface area (TPSA) is 186 Å². The van der Waals surface area contributed by atoms with Gasteiger partial charge in [-0.05, 0) is 51.7 Å². The van der Waals surface area contributed by atoms with Gasteiger partial charge in [-0.25, -0.2) is 18.7 Å². The molecular weight excluding hydrogens is 565 g/mol. The van der Waals surface area contributed by atoms with Crippen molar-refractivity contribution in [2.24, 2.45) is 0 Å². The Morgan fingerprint density at radius 1 is 0.718 bits per heavy atom. The number of phosphoric acid groups is 2. The summed E-state index contributed by atoms with van der Waals surface area (Å²) in [5.74, 6) is -0.715. The van der Waals surface area contributed by atoms with Gasteiger partial charge in [0.05, 0.1) is 23.3 Å². The minimum absolute atomic E-state index is 0. The molecule has 0 aliphatic carbocycles. The Bertz CT molecular complexity index is 1150. The first-order valence-corrected chi connectivity index (χ1v) is 14.9. The number of carbonyl (C=O) groups is 2. The van der Waals surface area contributed by atoms with Crippen LogP contribution >= 0.6 is 15.6 Å². The van der Waals surface area contributed by atoms with Crippen molar-refractivity contribution in [2.75, 3.05) is 0 Å². The Labute approximate surface area is 247 Å². The molecule has 39 heavy (non-hydrogen) atoms. The van der Waals surface area contributed by atoms with E-state index in [4.69, 9.17) is 29.0 Å². The molecule has 0 fully saturated rings. The first-order valence-electron chi connectivity index (χ1n) is 11.8. The number of ether oxygens (including phenoxy) is 2. The number of hydrogen-bond donors (Lipinski definition) is 4. The van der Waals surface area contributed by atoms with E-state index in [1.165, 1.54) is 0 Å². The van der Waals surface area contributed by atoms with Crippen LogP contribution in [0.1, 0.15) is 83.6 Å². The van der Waals surface area contributed by atoms with Crippen molar-refractivity contribution in [2.45, 2.75) is 63.9 Å². The van der Waals surface area contributed by atoms with Crippen LogP contribution in [0.15, 0.2) is 48.5 Å². The molecule has 0 spiro atoms. The van der Waals surface area contributed by atoms with E-state index in [-0.39, 0.29) is 53.7 Å². The van der Waals surface area contributed by atoms with Crippen LogP contribution in [0, 0.1) is 0 Å². The van der Waals surface area contributed by atoms with E-state index in [1.807, 2.05) is 24.3 Å². The van der Waals surface area contributed by atoms with Crippen molar-refractivity contribution in [3.8, 4) is 0 Å². The molecule has 2 aliphatic rings. The molecule has 0 radical (unpaired) electrons. The summed E-state index contributed by atoms with van der Waals surface area (Å²) in [7, 11) is -8.94. The molecule has 208 valence electrons. The van der Waals surface area contributed by atoms with Crippen molar-refractivity contribution < 1.29 is 86.4 Å². The standard InChI is InChI=1S/2C12H15O6P.Na/c2*1-8(18-19(14,15)16)6-7-11-9-4-2-3-5-10(9)12(13)17-11;/h2*2-5,8,11H,6-7H2,1H3,(H2,14,15,16);/q;;+1/t2*8?,11-;/m00./s1. The second kappa shape index (κ2) is 14.5. The van der Waals surface area contributed by atoms with Crippen molar-refractivity contribution in [1.29, 1.82) is 0 Å². The van der Waals surface area contributed by atoms with Crippen LogP contribution in [0.25, 0.3) is 0 Å². The Hall–Kier alpha value is -1.40. The second-order valence-corrected chi connectivity index (χ2v) is 11.3. The van der Waals surface area contributed by atoms with E-state index in [1.54, 1.807) is 38.1 Å². The summed E-state index contributed by atoms with van der Waals surface area (Å²) in [4.78, 5) is 57.9. The molecule has 0 saturated carbocycles. The van der Waals surface area contributed by atoms with Gasteiger partial charge < -0.3 is 29.0 Å². The molecule has 4 N–H and O–H groups in total. The van der Waals surface area contributed by atoms with Crippen LogP contribution < -0.4 is 29.6 Å². The van der Waals surface area contributed by atoms with Crippen molar-refractivity contribution in [1.82, 2.24) is 0 Å². The number of esters is 2. The number of carbonyl (C=O) groups excluding carboxylic acids is 2. The predicted octanol–water partition coefficient (Wildman–Crippen LogP) is 1.36. The molecule has 12 nitrogen and oxygen atoms in total. The molecule has 15 heteroatoms. The molecule has 4 atom stereocenters. The zero-order valence-electron chi connectivity index (χ0n) is 21.7. The Morgan fingerprint density at radius 2 is 1.05 bits per heavy atom. The molecule has 2 aliphatic heterocycles. The van der Waals surface area contributed by atoms with E-state index in [2.05, 4.69) is 9.05 Å². The number of fused-ring (bicyclic) bond motifs is 2. The van der Waals surface area contributed by atoms with E-state index in [9.17, 15) is 18.7 Å². The van der Waals surface area contributed by atoms with Crippen LogP contribution in [0.5, 0.6) is 0 Å². The van der Waals surface area contributed by atoms with Crippen LogP contribution in [-0.4, -0.2) is 43.7 Å². The van der Waals surface area contributed by atoms with Crippen LogP contribution in [0.4, 0.5) is 0 Å². The van der Waals surface area contributed by atoms with Gasteiger partial charge in [0.15, 0.2) is 0 Å². The van der Waals surface area contributed by atoms with Gasteiger partial charge in [-0.1, -0.05) is 36.4 Å². The molecule has 2 aromatic carbocycles. The van der Waals surface area contributed by atoms with Gasteiger partial charge in [0.2, 0.25) is 0 Å². The largest absolute Gasteiger partial charge is 1.00 e. The van der Waals surface area contributed by atoms with Crippen molar-refractivity contribution in [3.05, 3.63) is 70.8 Å². The molecule has 0 aromatic heterocycles. The number of benzene rings is 2. The summed E-state index contributed by atoms with van der Waals surface area (Å²) >= 11 is 0. The zero-order chi connectivity index (χ0) is 28.1. The summed E-state index contributed by atoms with van der Waals surface area (Å²) in [6, 6.07) is 14.2. The molecule has 2 unspecified atom stereocenters. The Kier molecular flexibility index (Phi) is 12.6. The SMILES string of the molecule is CC(CC[C@@H]1OC(=O)c2ccccc21)OP(=O)(O)O.CC(CC[C@@H]1OC(=O)c2ccccc21)OP(=O)(O)O.[Na+]. The average Bonchev–Trinajstić information content (AvgIpc) is 3.31. The predicted molar refractivity (Wildman–Crippen MR) is 133 cm³/mol. The number of phosphoric ester groups is 2. The van der Waals surface area contributed by atoms with Gasteiger partial charge in [-0.2, -0.15) is 0 Å². The fraction of sp³-hybridized carbons (Fsp3) is 0.417. The summed E-state index contributed by atoms with van der Waals surface area (Å²) in [6.07, 6.45) is -0.250. The molecule has 0 saturated heterocycles. The molecule has 0 bridgehead atoms. The molecule has 0 amide bonds. The third-order valence-corrected chi connectivity index (χ3v) is 7.13. The van der Waals surface area contributed by atoms with Crippen LogP contribution in [-0.2, 0) is 27.7 Å². The van der Waals surface area contributed by atoms with Gasteiger partial charge >= 0.3 is 57.1 Å². The van der Waals surface area contributed by atoms with Gasteiger partial charge in [-0.3, -0.25) is 9.05 Å². The maximum Gasteiger partial charge on any atom is 1.00 e. The monoisotopic (exact) mass is 595 g/mol. The summed E-state index contributed by atoms with van der Waals surface area (Å²) in [5, 5.41) is 0. The third-order valence-electron chi connectivity index (χ3n) is 5.86. The van der Waals surface area contributed by atoms with Gasteiger partial charge in [0.1, 0.15) is 12.2 Å². The van der Waals surface area contributed by atoms with Gasteiger partial charge in [-0.15, -0.1) is 0 Å². The molecule has 2 aromatic rings. The van der Waals surface area contributed by atoms with E-state index in [0.717, 1.165) is 11.1 Å². The summed E-state index contributed by atoms with van der Waals surface area (Å²) < 4.78 is 40.9. The van der Waals surface area contributed by atoms with Crippen molar-refractivity contribution in [3.63, 3.8) is 0 Å². The minimum atomic E-state index is -4.47. The second-order valence-electron chi connectivity index (χ2n) is 8.93. The quantitative estimate of drug-likeness (QED) is 0.176. The van der Waals surface area contributed by atoms with Gasteiger partial charge in [0, 0.05) is 11.1 Å². The molecule has 2 heterocycles. The van der Waals surface area contributed by atoms with E-state index < -0.39 is 27.9 Å². The summed E-state index contributed by atoms with van der Waals surface area (Å²) in [5.41, 5.74) is 2.74. The Morgan fingerprint density at radius 3 is 1.38 bits per heavy atom. The summed E-state index contributed by atoms with van der Waals surface area (Å²) in [6.45, 7) is 3.14. The van der Waals surface area contributed by atoms with Gasteiger partial charge in [0.25, 0.3) is 0 Å². The van der Waals surface area contributed by atoms with Crippen molar-refractivity contribution >= 4 is 27.6 Å². The molecular formula is C24H30NaO12P2+. The number of rotatable bonds is 10. The maximum atomic E-state index is 11.6. The third kappa shape index (κ3) is 10.5. The zero-order valence-corrected chi connectivity index (χ0v) is 25.5. The van der Waals surface area contributed by atoms with E-state index in [0.29, 0.717) is 36.8 Å². The fourth-order valence-electron chi connectivity index (χ4n) is 4.21. The Balaban J connectivity index is 0.000000267. The smallest absolute Gasteiger partial charge is 0.454 e. The van der Waals surface area contributed by atoms with Crippen LogP contribution in [0.3, 0.4) is 0 Å². The number of hydrogen-bond acceptors (Lipinski definition) is 8. The minimum Gasteiger partial charge on any atom is -0.454 e. The average molecular weight is 595 g/mol. The van der Waals surface area contributed by atoms with Crippen LogP contribution in [0.2, 0.25) is 0 Å². The normalized spacial score (nSPS) is 19.4. The first kappa shape index (κ1) is 33.8. The van der Waals surface area contributed by atoms with E-state index >= 15 is 0 Å². The fourth-order valence-corrected chi connectivity index (χ4v) is 5.36. The number of cyclic esters (lactones) is 2. The maximum absolute atomic E-state index is 11.6. The first-order chi connectivity index (χ1) is 17.7. The molecule has 4 rings (SSSR count).